The van der Waals surface area contributed by atoms with Gasteiger partial charge in [-0.15, -0.1) is 0 Å². The van der Waals surface area contributed by atoms with Crippen LogP contribution >= 0.6 is 0 Å². The Morgan fingerprint density at radius 1 is 1.45 bits per heavy atom. The van der Waals surface area contributed by atoms with Gasteiger partial charge in [0.1, 0.15) is 0 Å². The zero-order valence-electron chi connectivity index (χ0n) is 10.9. The fraction of sp³-hybridized carbons (Fsp3) is 0.429. The van der Waals surface area contributed by atoms with Gasteiger partial charge in [0.25, 0.3) is 6.43 Å². The fourth-order valence-electron chi connectivity index (χ4n) is 2.63. The number of carboxylic acids is 1. The number of carbonyl (C=O) groups excluding carboxylic acids is 1. The van der Waals surface area contributed by atoms with E-state index in [1.54, 1.807) is 6.07 Å². The van der Waals surface area contributed by atoms with Crippen molar-refractivity contribution in [2.45, 2.75) is 25.3 Å². The maximum Gasteiger partial charge on any atom is 0.308 e. The Kier molecular flexibility index (Phi) is 4.01. The molecular weight excluding hydrogens is 268 g/mol. The van der Waals surface area contributed by atoms with Crippen molar-refractivity contribution in [3.63, 3.8) is 0 Å². The molecule has 2 atom stereocenters. The number of likely N-dealkylation sites (tertiary alicyclic amines) is 1. The lowest BCUT2D eigenvalue weighted by Gasteiger charge is -2.37. The maximum absolute atomic E-state index is 12.7. The molecule has 1 amide bonds. The predicted molar refractivity (Wildman–Crippen MR) is 67.3 cm³/mol. The van der Waals surface area contributed by atoms with Crippen LogP contribution in [0.15, 0.2) is 24.3 Å². The molecule has 1 fully saturated rings. The summed E-state index contributed by atoms with van der Waals surface area (Å²) in [5.74, 6) is -1.96. The molecule has 0 bridgehead atoms. The lowest BCUT2D eigenvalue weighted by molar-refractivity contribution is -0.150. The zero-order valence-corrected chi connectivity index (χ0v) is 10.9. The minimum Gasteiger partial charge on any atom is -0.481 e. The number of nitrogens with zero attached hydrogens (tertiary/aromatic N) is 1. The van der Waals surface area contributed by atoms with Gasteiger partial charge in [-0.2, -0.15) is 0 Å². The third-order valence-corrected chi connectivity index (χ3v) is 3.68. The number of alkyl halides is 2. The second-order valence-electron chi connectivity index (χ2n) is 4.90. The maximum atomic E-state index is 12.7. The number of aliphatic carboxylic acids is 1. The number of amides is 1. The Morgan fingerprint density at radius 2 is 2.15 bits per heavy atom. The van der Waals surface area contributed by atoms with Crippen LogP contribution in [0.2, 0.25) is 0 Å². The van der Waals surface area contributed by atoms with Crippen LogP contribution in [0.4, 0.5) is 8.78 Å². The molecule has 1 aliphatic heterocycles. The Labute approximate surface area is 115 Å². The zero-order chi connectivity index (χ0) is 14.9. The summed E-state index contributed by atoms with van der Waals surface area (Å²) in [6, 6.07) is 4.91. The third-order valence-electron chi connectivity index (χ3n) is 3.68. The molecule has 1 heterocycles. The first-order chi connectivity index (χ1) is 9.41. The quantitative estimate of drug-likeness (QED) is 0.927. The van der Waals surface area contributed by atoms with E-state index >= 15 is 0 Å². The molecule has 0 radical (unpaired) electrons. The Morgan fingerprint density at radius 3 is 2.75 bits per heavy atom. The first-order valence-corrected chi connectivity index (χ1v) is 6.28. The summed E-state index contributed by atoms with van der Waals surface area (Å²) in [5.41, 5.74) is 0.267. The molecule has 2 rings (SSSR count). The van der Waals surface area contributed by atoms with E-state index in [1.165, 1.54) is 30.1 Å². The van der Waals surface area contributed by atoms with E-state index in [1.807, 2.05) is 0 Å². The second kappa shape index (κ2) is 5.56. The number of benzene rings is 1. The van der Waals surface area contributed by atoms with Gasteiger partial charge in [-0.05, 0) is 18.1 Å². The number of halogens is 2. The highest BCUT2D eigenvalue weighted by atomic mass is 19.3. The predicted octanol–water partition coefficient (Wildman–Crippen LogP) is 2.62. The number of piperidine rings is 1. The molecule has 0 saturated carbocycles. The monoisotopic (exact) mass is 283 g/mol. The number of hydrogen-bond acceptors (Lipinski definition) is 2. The molecule has 2 unspecified atom stereocenters. The van der Waals surface area contributed by atoms with E-state index in [4.69, 9.17) is 0 Å². The van der Waals surface area contributed by atoms with Gasteiger partial charge < -0.3 is 10.0 Å². The molecule has 4 nitrogen and oxygen atoms in total. The van der Waals surface area contributed by atoms with Gasteiger partial charge >= 0.3 is 5.97 Å². The molecule has 6 heteroatoms. The number of rotatable bonds is 3. The van der Waals surface area contributed by atoms with Gasteiger partial charge in [0.05, 0.1) is 12.0 Å². The van der Waals surface area contributed by atoms with E-state index in [0.29, 0.717) is 5.56 Å². The first-order valence-electron chi connectivity index (χ1n) is 6.28. The number of carbonyl (C=O) groups is 2. The summed E-state index contributed by atoms with van der Waals surface area (Å²) in [7, 11) is 1.51. The van der Waals surface area contributed by atoms with Crippen LogP contribution < -0.4 is 0 Å². The van der Waals surface area contributed by atoms with Gasteiger partial charge in [0.2, 0.25) is 5.91 Å². The number of carboxylic acid groups (broad SMARTS) is 1. The fourth-order valence-corrected chi connectivity index (χ4v) is 2.63. The van der Waals surface area contributed by atoms with Gasteiger partial charge in [-0.1, -0.05) is 18.2 Å². The average Bonchev–Trinajstić information content (AvgIpc) is 2.41. The van der Waals surface area contributed by atoms with Crippen LogP contribution in [-0.4, -0.2) is 28.9 Å². The van der Waals surface area contributed by atoms with Crippen LogP contribution in [0.25, 0.3) is 0 Å². The third kappa shape index (κ3) is 2.64. The largest absolute Gasteiger partial charge is 0.481 e. The lowest BCUT2D eigenvalue weighted by Crippen LogP contribution is -2.43. The number of hydrogen-bond donors (Lipinski definition) is 1. The van der Waals surface area contributed by atoms with Crippen molar-refractivity contribution in [2.75, 3.05) is 7.05 Å². The topological polar surface area (TPSA) is 57.6 Å². The summed E-state index contributed by atoms with van der Waals surface area (Å²) in [6.45, 7) is 0. The highest BCUT2D eigenvalue weighted by Crippen LogP contribution is 2.36. The molecule has 1 N–H and O–H groups in total. The standard InChI is InChI=1S/C14H15F2NO3/c1-17-11(18)6-5-10(14(19)20)12(17)8-3-2-4-9(7-8)13(15)16/h2-4,7,10,12-13H,5-6H2,1H3,(H,19,20). The van der Waals surface area contributed by atoms with Crippen LogP contribution in [0.5, 0.6) is 0 Å². The molecule has 1 aromatic rings. The van der Waals surface area contributed by atoms with E-state index in [0.717, 1.165) is 0 Å². The molecule has 108 valence electrons. The Balaban J connectivity index is 2.42. The molecule has 20 heavy (non-hydrogen) atoms. The van der Waals surface area contributed by atoms with Crippen LogP contribution in [0, 0.1) is 5.92 Å². The van der Waals surface area contributed by atoms with Crippen molar-refractivity contribution in [3.05, 3.63) is 35.4 Å². The van der Waals surface area contributed by atoms with E-state index in [2.05, 4.69) is 0 Å². The van der Waals surface area contributed by atoms with Crippen LogP contribution in [0.1, 0.15) is 36.4 Å². The molecule has 1 aromatic carbocycles. The van der Waals surface area contributed by atoms with Crippen LogP contribution in [-0.2, 0) is 9.59 Å². The van der Waals surface area contributed by atoms with E-state index < -0.39 is 24.4 Å². The van der Waals surface area contributed by atoms with Crippen molar-refractivity contribution in [1.82, 2.24) is 4.90 Å². The summed E-state index contributed by atoms with van der Waals surface area (Å²) in [5, 5.41) is 9.27. The minimum absolute atomic E-state index is 0.165. The Hall–Kier alpha value is -1.98. The summed E-state index contributed by atoms with van der Waals surface area (Å²) < 4.78 is 25.5. The van der Waals surface area contributed by atoms with Crippen molar-refractivity contribution in [2.24, 2.45) is 5.92 Å². The molecule has 1 saturated heterocycles. The van der Waals surface area contributed by atoms with Crippen molar-refractivity contribution in [1.29, 1.82) is 0 Å². The molecule has 0 aliphatic carbocycles. The lowest BCUT2D eigenvalue weighted by atomic mass is 9.84. The van der Waals surface area contributed by atoms with Crippen molar-refractivity contribution >= 4 is 11.9 Å². The first kappa shape index (κ1) is 14.4. The molecular formula is C14H15F2NO3. The summed E-state index contributed by atoms with van der Waals surface area (Å²) in [4.78, 5) is 24.4. The minimum atomic E-state index is -2.62. The summed E-state index contributed by atoms with van der Waals surface area (Å²) >= 11 is 0. The molecule has 0 spiro atoms. The van der Waals surface area contributed by atoms with Gasteiger partial charge in [-0.3, -0.25) is 9.59 Å². The molecule has 1 aliphatic rings. The normalized spacial score (nSPS) is 23.2. The van der Waals surface area contributed by atoms with Crippen LogP contribution in [0.3, 0.4) is 0 Å². The SMILES string of the molecule is CN1C(=O)CCC(C(=O)O)C1c1cccc(C(F)F)c1. The van der Waals surface area contributed by atoms with Gasteiger partial charge in [0.15, 0.2) is 0 Å². The second-order valence-corrected chi connectivity index (χ2v) is 4.90. The average molecular weight is 283 g/mol. The van der Waals surface area contributed by atoms with E-state index in [9.17, 15) is 23.5 Å². The summed E-state index contributed by atoms with van der Waals surface area (Å²) in [6.07, 6.45) is -2.23. The molecule has 0 aromatic heterocycles. The van der Waals surface area contributed by atoms with Gasteiger partial charge in [-0.25, -0.2) is 8.78 Å². The smallest absolute Gasteiger partial charge is 0.308 e. The van der Waals surface area contributed by atoms with Crippen molar-refractivity contribution in [3.8, 4) is 0 Å². The van der Waals surface area contributed by atoms with Crippen molar-refractivity contribution < 1.29 is 23.5 Å². The highest BCUT2D eigenvalue weighted by Gasteiger charge is 2.39. The van der Waals surface area contributed by atoms with E-state index in [-0.39, 0.29) is 24.3 Å². The Bertz CT molecular complexity index is 533. The van der Waals surface area contributed by atoms with Gasteiger partial charge in [0, 0.05) is 19.0 Å². The highest BCUT2D eigenvalue weighted by molar-refractivity contribution is 5.81.